The van der Waals surface area contributed by atoms with Crippen LogP contribution in [0.4, 0.5) is 0 Å². The van der Waals surface area contributed by atoms with Crippen molar-refractivity contribution in [1.29, 1.82) is 0 Å². The molecule has 5 heteroatoms. The highest BCUT2D eigenvalue weighted by Crippen LogP contribution is 2.38. The summed E-state index contributed by atoms with van der Waals surface area (Å²) < 4.78 is 5.32. The van der Waals surface area contributed by atoms with E-state index in [1.807, 2.05) is 78.9 Å². The van der Waals surface area contributed by atoms with Crippen molar-refractivity contribution in [3.05, 3.63) is 120 Å². The first-order valence-electron chi connectivity index (χ1n) is 12.0. The Bertz CT molecular complexity index is 1390. The fraction of sp³-hybridized carbons (Fsp3) is 0.129. The molecule has 0 saturated carbocycles. The van der Waals surface area contributed by atoms with Gasteiger partial charge in [-0.25, -0.2) is 0 Å². The maximum absolute atomic E-state index is 13.3. The second kappa shape index (κ2) is 11.2. The van der Waals surface area contributed by atoms with Crippen molar-refractivity contribution in [2.75, 3.05) is 19.4 Å². The second-order valence-corrected chi connectivity index (χ2v) is 9.60. The van der Waals surface area contributed by atoms with Crippen LogP contribution in [0.3, 0.4) is 0 Å². The summed E-state index contributed by atoms with van der Waals surface area (Å²) in [6.07, 6.45) is 0. The van der Waals surface area contributed by atoms with Gasteiger partial charge in [0.25, 0.3) is 0 Å². The summed E-state index contributed by atoms with van der Waals surface area (Å²) >= 11 is 1.76. The number of aromatic amines is 1. The summed E-state index contributed by atoms with van der Waals surface area (Å²) in [7, 11) is 1.67. The molecule has 2 N–H and O–H groups in total. The van der Waals surface area contributed by atoms with Crippen LogP contribution in [-0.2, 0) is 4.79 Å². The zero-order valence-corrected chi connectivity index (χ0v) is 20.9. The molecule has 5 aromatic rings. The molecule has 0 unspecified atom stereocenters. The Kier molecular flexibility index (Phi) is 7.39. The monoisotopic (exact) mass is 492 g/mol. The number of nitrogens with one attached hydrogen (secondary N) is 2. The number of para-hydroxylation sites is 1. The highest BCUT2D eigenvalue weighted by Gasteiger charge is 2.22. The molecule has 36 heavy (non-hydrogen) atoms. The Hall–Kier alpha value is -3.96. The predicted octanol–water partition coefficient (Wildman–Crippen LogP) is 6.88. The topological polar surface area (TPSA) is 54.1 Å². The average molecular weight is 493 g/mol. The molecule has 0 saturated heterocycles. The molecule has 5 rings (SSSR count). The van der Waals surface area contributed by atoms with Crippen molar-refractivity contribution in [2.45, 2.75) is 10.8 Å². The van der Waals surface area contributed by atoms with E-state index in [-0.39, 0.29) is 11.8 Å². The van der Waals surface area contributed by atoms with Gasteiger partial charge in [-0.3, -0.25) is 4.79 Å². The Morgan fingerprint density at radius 1 is 0.833 bits per heavy atom. The highest BCUT2D eigenvalue weighted by atomic mass is 32.2. The molecule has 0 bridgehead atoms. The van der Waals surface area contributed by atoms with E-state index in [4.69, 9.17) is 4.74 Å². The van der Waals surface area contributed by atoms with Crippen molar-refractivity contribution in [3.8, 4) is 17.0 Å². The van der Waals surface area contributed by atoms with Gasteiger partial charge in [0.15, 0.2) is 0 Å². The maximum Gasteiger partial charge on any atom is 0.232 e. The van der Waals surface area contributed by atoms with Crippen molar-refractivity contribution in [3.63, 3.8) is 0 Å². The molecular weight excluding hydrogens is 464 g/mol. The summed E-state index contributed by atoms with van der Waals surface area (Å²) in [5.74, 6) is 1.27. The zero-order chi connectivity index (χ0) is 24.7. The van der Waals surface area contributed by atoms with Crippen molar-refractivity contribution in [2.24, 2.45) is 0 Å². The third kappa shape index (κ3) is 5.16. The second-order valence-electron chi connectivity index (χ2n) is 8.50. The van der Waals surface area contributed by atoms with Gasteiger partial charge in [0.05, 0.1) is 18.7 Å². The molecule has 0 aliphatic carbocycles. The van der Waals surface area contributed by atoms with E-state index in [0.717, 1.165) is 39.4 Å². The van der Waals surface area contributed by atoms with Gasteiger partial charge in [0.2, 0.25) is 5.91 Å². The van der Waals surface area contributed by atoms with E-state index in [1.54, 1.807) is 18.9 Å². The van der Waals surface area contributed by atoms with Crippen LogP contribution in [0.5, 0.6) is 5.75 Å². The van der Waals surface area contributed by atoms with Crippen LogP contribution in [0.1, 0.15) is 17.0 Å². The summed E-state index contributed by atoms with van der Waals surface area (Å²) in [6, 6.07) is 36.3. The number of thioether (sulfide) groups is 1. The number of amides is 1. The van der Waals surface area contributed by atoms with Gasteiger partial charge in [-0.1, -0.05) is 78.9 Å². The van der Waals surface area contributed by atoms with Gasteiger partial charge >= 0.3 is 0 Å². The van der Waals surface area contributed by atoms with Crippen molar-refractivity contribution < 1.29 is 9.53 Å². The standard InChI is InChI=1S/C31H28N2O2S/c1-35-25-18-16-24(17-19-25)29-30(26-14-8-9-15-27(26)33-29)36-21-20-32-31(34)28(22-10-4-2-5-11-22)23-12-6-3-7-13-23/h2-19,28,33H,20-21H2,1H3,(H,32,34). The van der Waals surface area contributed by atoms with Crippen molar-refractivity contribution >= 4 is 28.6 Å². The van der Waals surface area contributed by atoms with Crippen LogP contribution in [0, 0.1) is 0 Å². The Labute approximate surface area is 215 Å². The molecule has 0 spiro atoms. The van der Waals surface area contributed by atoms with E-state index in [2.05, 4.69) is 40.6 Å². The summed E-state index contributed by atoms with van der Waals surface area (Å²) in [5.41, 5.74) is 5.27. The molecule has 180 valence electrons. The molecule has 4 nitrogen and oxygen atoms in total. The number of aromatic nitrogens is 1. The lowest BCUT2D eigenvalue weighted by Crippen LogP contribution is -2.31. The molecule has 0 radical (unpaired) electrons. The number of hydrogen-bond acceptors (Lipinski definition) is 3. The number of carbonyl (C=O) groups is 1. The average Bonchev–Trinajstić information content (AvgIpc) is 3.31. The molecule has 0 atom stereocenters. The largest absolute Gasteiger partial charge is 0.497 e. The molecule has 1 amide bonds. The molecule has 1 heterocycles. The van der Waals surface area contributed by atoms with E-state index in [1.165, 1.54) is 10.3 Å². The normalized spacial score (nSPS) is 11.1. The third-order valence-corrected chi connectivity index (χ3v) is 7.33. The Balaban J connectivity index is 1.32. The minimum atomic E-state index is -0.333. The molecule has 0 fully saturated rings. The lowest BCUT2D eigenvalue weighted by Gasteiger charge is -2.18. The third-order valence-electron chi connectivity index (χ3n) is 6.21. The highest BCUT2D eigenvalue weighted by molar-refractivity contribution is 7.99. The number of H-pyrrole nitrogens is 1. The minimum Gasteiger partial charge on any atom is -0.497 e. The summed E-state index contributed by atoms with van der Waals surface area (Å²) in [6.45, 7) is 0.571. The molecule has 4 aromatic carbocycles. The quantitative estimate of drug-likeness (QED) is 0.174. The van der Waals surface area contributed by atoms with Crippen molar-refractivity contribution in [1.82, 2.24) is 10.3 Å². The van der Waals surface area contributed by atoms with Crippen LogP contribution >= 0.6 is 11.8 Å². The SMILES string of the molecule is COc1ccc(-c2[nH]c3ccccc3c2SCCNC(=O)C(c2ccccc2)c2ccccc2)cc1. The van der Waals surface area contributed by atoms with Crippen LogP contribution in [0.25, 0.3) is 22.2 Å². The smallest absolute Gasteiger partial charge is 0.232 e. The van der Waals surface area contributed by atoms with E-state index in [0.29, 0.717) is 6.54 Å². The van der Waals surface area contributed by atoms with E-state index < -0.39 is 0 Å². The fourth-order valence-corrected chi connectivity index (χ4v) is 5.50. The predicted molar refractivity (Wildman–Crippen MR) is 149 cm³/mol. The lowest BCUT2D eigenvalue weighted by molar-refractivity contribution is -0.121. The summed E-state index contributed by atoms with van der Waals surface area (Å²) in [4.78, 5) is 18.1. The maximum atomic E-state index is 13.3. The molecule has 1 aromatic heterocycles. The van der Waals surface area contributed by atoms with Crippen LogP contribution in [-0.4, -0.2) is 30.3 Å². The first kappa shape index (κ1) is 23.8. The molecule has 0 aliphatic rings. The van der Waals surface area contributed by atoms with E-state index >= 15 is 0 Å². The van der Waals surface area contributed by atoms with Gasteiger partial charge in [-0.15, -0.1) is 11.8 Å². The lowest BCUT2D eigenvalue weighted by atomic mass is 9.90. The Morgan fingerprint density at radius 2 is 1.44 bits per heavy atom. The number of carbonyl (C=O) groups excluding carboxylic acids is 1. The first-order chi connectivity index (χ1) is 17.7. The van der Waals surface area contributed by atoms with Gasteiger partial charge in [0.1, 0.15) is 5.75 Å². The van der Waals surface area contributed by atoms with Gasteiger partial charge in [0, 0.05) is 28.1 Å². The van der Waals surface area contributed by atoms with Crippen LogP contribution in [0.2, 0.25) is 0 Å². The number of fused-ring (bicyclic) bond motifs is 1. The number of methoxy groups -OCH3 is 1. The van der Waals surface area contributed by atoms with Gasteiger partial charge in [-0.2, -0.15) is 0 Å². The first-order valence-corrected chi connectivity index (χ1v) is 13.0. The Morgan fingerprint density at radius 3 is 2.08 bits per heavy atom. The minimum absolute atomic E-state index is 0.0160. The van der Waals surface area contributed by atoms with E-state index in [9.17, 15) is 4.79 Å². The van der Waals surface area contributed by atoms with Gasteiger partial charge < -0.3 is 15.0 Å². The number of hydrogen-bond donors (Lipinski definition) is 2. The number of benzene rings is 4. The number of ether oxygens (including phenoxy) is 1. The molecule has 0 aliphatic heterocycles. The van der Waals surface area contributed by atoms with Crippen LogP contribution < -0.4 is 10.1 Å². The zero-order valence-electron chi connectivity index (χ0n) is 20.1. The van der Waals surface area contributed by atoms with Gasteiger partial charge in [-0.05, 0) is 47.0 Å². The number of rotatable bonds is 9. The molecular formula is C31H28N2O2S. The fourth-order valence-electron chi connectivity index (χ4n) is 4.44. The summed E-state index contributed by atoms with van der Waals surface area (Å²) in [5, 5.41) is 4.36. The van der Waals surface area contributed by atoms with Crippen LogP contribution in [0.15, 0.2) is 114 Å².